The first-order valence-corrected chi connectivity index (χ1v) is 13.5. The summed E-state index contributed by atoms with van der Waals surface area (Å²) in [5.74, 6) is 0.801. The lowest BCUT2D eigenvalue weighted by Crippen LogP contribution is -2.27. The van der Waals surface area contributed by atoms with Crippen molar-refractivity contribution in [3.05, 3.63) is 48.0 Å². The normalized spacial score (nSPS) is 25.4. The number of carboxylic acids is 1. The van der Waals surface area contributed by atoms with Gasteiger partial charge in [-0.05, 0) is 68.8 Å². The number of allylic oxidation sites excluding steroid dienone is 2. The van der Waals surface area contributed by atoms with Gasteiger partial charge in [0, 0.05) is 6.42 Å². The molecule has 3 rings (SSSR count). The van der Waals surface area contributed by atoms with Crippen LogP contribution in [0.2, 0.25) is 0 Å². The van der Waals surface area contributed by atoms with E-state index in [-0.39, 0.29) is 17.9 Å². The molecule has 0 unspecified atom stereocenters. The number of hydrogen-bond acceptors (Lipinski definition) is 4. The van der Waals surface area contributed by atoms with Gasteiger partial charge in [-0.1, -0.05) is 48.9 Å². The van der Waals surface area contributed by atoms with Crippen molar-refractivity contribution in [2.75, 3.05) is 11.5 Å². The molecule has 2 saturated heterocycles. The molecule has 0 aliphatic carbocycles. The molecule has 172 valence electrons. The Balaban J connectivity index is 1.37. The van der Waals surface area contributed by atoms with Crippen molar-refractivity contribution in [3.63, 3.8) is 0 Å². The predicted octanol–water partition coefficient (Wildman–Crippen LogP) is 4.81. The van der Waals surface area contributed by atoms with Crippen LogP contribution in [0.3, 0.4) is 0 Å². The number of carboxylic acid groups (broad SMARTS) is 1. The summed E-state index contributed by atoms with van der Waals surface area (Å²) in [6, 6.07) is 9.79. The lowest BCUT2D eigenvalue weighted by Gasteiger charge is -2.27. The van der Waals surface area contributed by atoms with E-state index in [1.807, 2.05) is 30.3 Å². The van der Waals surface area contributed by atoms with E-state index < -0.39 is 15.8 Å². The average molecular weight is 449 g/mol. The number of carbonyl (C=O) groups is 1. The van der Waals surface area contributed by atoms with Gasteiger partial charge in [-0.3, -0.25) is 4.79 Å². The zero-order chi connectivity index (χ0) is 22.1. The first kappa shape index (κ1) is 24.0. The second kappa shape index (κ2) is 11.8. The van der Waals surface area contributed by atoms with Crippen molar-refractivity contribution in [2.45, 2.75) is 76.4 Å². The van der Waals surface area contributed by atoms with E-state index in [0.717, 1.165) is 50.5 Å². The van der Waals surface area contributed by atoms with Crippen molar-refractivity contribution in [2.24, 2.45) is 11.8 Å². The molecule has 1 aromatic rings. The molecule has 2 bridgehead atoms. The average Bonchev–Trinajstić information content (AvgIpc) is 3.35. The summed E-state index contributed by atoms with van der Waals surface area (Å²) < 4.78 is 30.9. The third kappa shape index (κ3) is 7.76. The Morgan fingerprint density at radius 3 is 2.48 bits per heavy atom. The van der Waals surface area contributed by atoms with Crippen molar-refractivity contribution >= 4 is 15.8 Å². The van der Waals surface area contributed by atoms with Crippen LogP contribution in [0.5, 0.6) is 0 Å². The molecule has 0 amide bonds. The van der Waals surface area contributed by atoms with Crippen molar-refractivity contribution in [1.82, 2.24) is 0 Å². The zero-order valence-electron chi connectivity index (χ0n) is 18.3. The number of benzene rings is 1. The van der Waals surface area contributed by atoms with Gasteiger partial charge in [-0.25, -0.2) is 8.42 Å². The van der Waals surface area contributed by atoms with E-state index in [9.17, 15) is 13.2 Å². The van der Waals surface area contributed by atoms with Gasteiger partial charge in [-0.2, -0.15) is 0 Å². The van der Waals surface area contributed by atoms with Crippen LogP contribution in [-0.2, 0) is 25.8 Å². The Morgan fingerprint density at radius 2 is 1.74 bits per heavy atom. The van der Waals surface area contributed by atoms with Gasteiger partial charge in [0.05, 0.1) is 23.7 Å². The summed E-state index contributed by atoms with van der Waals surface area (Å²) in [6.07, 6.45) is 13.2. The Hall–Kier alpha value is -1.66. The van der Waals surface area contributed by atoms with E-state index in [2.05, 4.69) is 12.2 Å². The molecule has 0 saturated carbocycles. The minimum absolute atomic E-state index is 0.221. The number of hydrogen-bond donors (Lipinski definition) is 1. The minimum atomic E-state index is -3.01. The van der Waals surface area contributed by atoms with Crippen LogP contribution in [0, 0.1) is 11.8 Å². The number of ether oxygens (including phenoxy) is 1. The van der Waals surface area contributed by atoms with Crippen LogP contribution in [0.25, 0.3) is 0 Å². The number of unbranched alkanes of at least 4 members (excludes halogenated alkanes) is 2. The fourth-order valence-electron chi connectivity index (χ4n) is 5.06. The van der Waals surface area contributed by atoms with Crippen LogP contribution in [0.15, 0.2) is 42.5 Å². The first-order chi connectivity index (χ1) is 14.9. The van der Waals surface area contributed by atoms with Gasteiger partial charge in [0.1, 0.15) is 0 Å². The Bertz CT molecular complexity index is 818. The maximum absolute atomic E-state index is 12.4. The molecule has 1 N–H and O–H groups in total. The Labute approximate surface area is 186 Å². The number of rotatable bonds is 14. The summed E-state index contributed by atoms with van der Waals surface area (Å²) in [7, 11) is -3.01. The number of aryl methyl sites for hydroxylation is 1. The van der Waals surface area contributed by atoms with Crippen LogP contribution in [0.4, 0.5) is 0 Å². The monoisotopic (exact) mass is 448 g/mol. The highest BCUT2D eigenvalue weighted by atomic mass is 32.2. The zero-order valence-corrected chi connectivity index (χ0v) is 19.1. The fraction of sp³-hybridized carbons (Fsp3) is 0.640. The third-order valence-corrected chi connectivity index (χ3v) is 8.45. The fourth-order valence-corrected chi connectivity index (χ4v) is 6.46. The highest BCUT2D eigenvalue weighted by Gasteiger charge is 2.47. The molecular weight excluding hydrogens is 412 g/mol. The smallest absolute Gasteiger partial charge is 0.303 e. The lowest BCUT2D eigenvalue weighted by molar-refractivity contribution is -0.137. The van der Waals surface area contributed by atoms with Crippen LogP contribution in [0.1, 0.15) is 63.4 Å². The highest BCUT2D eigenvalue weighted by molar-refractivity contribution is 7.91. The molecule has 0 radical (unpaired) electrons. The summed E-state index contributed by atoms with van der Waals surface area (Å²) in [6.45, 7) is 0. The second-order valence-electron chi connectivity index (χ2n) is 8.99. The molecule has 0 spiro atoms. The molecule has 4 atom stereocenters. The summed E-state index contributed by atoms with van der Waals surface area (Å²) in [5, 5.41) is 8.71. The molecule has 2 aliphatic heterocycles. The van der Waals surface area contributed by atoms with Gasteiger partial charge in [0.15, 0.2) is 9.84 Å². The Morgan fingerprint density at radius 1 is 1.00 bits per heavy atom. The van der Waals surface area contributed by atoms with Crippen LogP contribution >= 0.6 is 0 Å². The molecule has 0 aromatic heterocycles. The molecular formula is C25H36O5S. The molecule has 31 heavy (non-hydrogen) atoms. The van der Waals surface area contributed by atoms with Crippen LogP contribution in [-0.4, -0.2) is 43.2 Å². The highest BCUT2D eigenvalue weighted by Crippen LogP contribution is 2.47. The van der Waals surface area contributed by atoms with E-state index in [1.165, 1.54) is 0 Å². The van der Waals surface area contributed by atoms with Crippen molar-refractivity contribution in [1.29, 1.82) is 0 Å². The number of aliphatic carboxylic acids is 1. The summed E-state index contributed by atoms with van der Waals surface area (Å²) in [4.78, 5) is 10.6. The van der Waals surface area contributed by atoms with Gasteiger partial charge in [0.2, 0.25) is 0 Å². The molecule has 1 aromatic carbocycles. The third-order valence-electron chi connectivity index (χ3n) is 6.71. The Kier molecular flexibility index (Phi) is 9.15. The molecule has 6 heteroatoms. The SMILES string of the molecule is O=C(O)CCCC=CC[C@@H]1[C@H](CCCCS(=O)(=O)CCc2ccccc2)[C@@H]2CC[C@H]1O2. The molecule has 2 aliphatic rings. The molecule has 2 heterocycles. The van der Waals surface area contributed by atoms with Gasteiger partial charge in [-0.15, -0.1) is 0 Å². The topological polar surface area (TPSA) is 80.7 Å². The van der Waals surface area contributed by atoms with Crippen LogP contribution < -0.4 is 0 Å². The lowest BCUT2D eigenvalue weighted by atomic mass is 9.75. The predicted molar refractivity (Wildman–Crippen MR) is 123 cm³/mol. The van der Waals surface area contributed by atoms with Gasteiger partial charge < -0.3 is 9.84 Å². The van der Waals surface area contributed by atoms with Gasteiger partial charge >= 0.3 is 5.97 Å². The van der Waals surface area contributed by atoms with Crippen molar-refractivity contribution in [3.8, 4) is 0 Å². The van der Waals surface area contributed by atoms with Gasteiger partial charge in [0.25, 0.3) is 0 Å². The van der Waals surface area contributed by atoms with E-state index in [0.29, 0.717) is 36.9 Å². The van der Waals surface area contributed by atoms with E-state index in [1.54, 1.807) is 0 Å². The number of fused-ring (bicyclic) bond motifs is 2. The standard InChI is InChI=1S/C25H36O5S/c26-25(27)14-7-2-1-6-12-21-22(24-16-15-23(21)30-24)13-8-9-18-31(28,29)19-17-20-10-4-3-5-11-20/h1,3-6,10-11,21-24H,2,7-9,12-19H2,(H,26,27)/t21-,22+,23-,24+/m1/s1. The second-order valence-corrected chi connectivity index (χ2v) is 11.3. The largest absolute Gasteiger partial charge is 0.481 e. The summed E-state index contributed by atoms with van der Waals surface area (Å²) >= 11 is 0. The quantitative estimate of drug-likeness (QED) is 0.326. The first-order valence-electron chi connectivity index (χ1n) is 11.7. The maximum atomic E-state index is 12.4. The van der Waals surface area contributed by atoms with E-state index >= 15 is 0 Å². The summed E-state index contributed by atoms with van der Waals surface area (Å²) in [5.41, 5.74) is 1.07. The molecule has 5 nitrogen and oxygen atoms in total. The number of sulfone groups is 1. The van der Waals surface area contributed by atoms with Crippen molar-refractivity contribution < 1.29 is 23.1 Å². The van der Waals surface area contributed by atoms with E-state index in [4.69, 9.17) is 9.84 Å². The maximum Gasteiger partial charge on any atom is 0.303 e. The minimum Gasteiger partial charge on any atom is -0.481 e. The molecule has 2 fully saturated rings.